The smallest absolute Gasteiger partial charge is 0.316 e. The van der Waals surface area contributed by atoms with Gasteiger partial charge in [-0.25, -0.2) is 9.97 Å². The molecule has 0 atom stereocenters. The van der Waals surface area contributed by atoms with Crippen molar-refractivity contribution in [3.05, 3.63) is 69.8 Å². The number of aryl methyl sites for hydroxylation is 5. The molecule has 0 saturated carbocycles. The van der Waals surface area contributed by atoms with Crippen molar-refractivity contribution < 1.29 is 14.3 Å². The normalized spacial score (nSPS) is 10.9. The fraction of sp³-hybridized carbons (Fsp3) is 0.333. The molecule has 0 amide bonds. The maximum atomic E-state index is 12.7. The standard InChI is InChI=1S/C24H27N3O3S/c1-14-7-8-20(9-15(14)2)27-18(5)11-21(19(27)6)22(28)12-30-23(29)13-31-24-25-16(3)10-17(4)26-24/h7-11H,12-13H2,1-6H3. The maximum Gasteiger partial charge on any atom is 0.316 e. The minimum atomic E-state index is -0.468. The Balaban J connectivity index is 1.64. The molecule has 0 aliphatic rings. The summed E-state index contributed by atoms with van der Waals surface area (Å²) < 4.78 is 7.26. The van der Waals surface area contributed by atoms with Crippen LogP contribution in [0.5, 0.6) is 0 Å². The first-order chi connectivity index (χ1) is 14.7. The van der Waals surface area contributed by atoms with E-state index < -0.39 is 5.97 Å². The molecule has 6 nitrogen and oxygen atoms in total. The number of carbonyl (C=O) groups is 2. The van der Waals surface area contributed by atoms with Gasteiger partial charge in [0.05, 0.1) is 5.75 Å². The molecule has 0 spiro atoms. The molecule has 0 aliphatic carbocycles. The molecule has 2 aromatic heterocycles. The largest absolute Gasteiger partial charge is 0.457 e. The van der Waals surface area contributed by atoms with Crippen molar-refractivity contribution in [1.82, 2.24) is 14.5 Å². The summed E-state index contributed by atoms with van der Waals surface area (Å²) >= 11 is 1.20. The number of aromatic nitrogens is 3. The van der Waals surface area contributed by atoms with Gasteiger partial charge in [-0.3, -0.25) is 9.59 Å². The van der Waals surface area contributed by atoms with Crippen LogP contribution in [0, 0.1) is 41.5 Å². The van der Waals surface area contributed by atoms with Gasteiger partial charge >= 0.3 is 5.97 Å². The highest BCUT2D eigenvalue weighted by Crippen LogP contribution is 2.23. The average molecular weight is 438 g/mol. The summed E-state index contributed by atoms with van der Waals surface area (Å²) in [6.45, 7) is 11.5. The Hall–Kier alpha value is -2.93. The van der Waals surface area contributed by atoms with Crippen LogP contribution in [0.1, 0.15) is 44.3 Å². The SMILES string of the molecule is Cc1cc(C)nc(SCC(=O)OCC(=O)c2cc(C)n(-c3ccc(C)c(C)c3)c2C)n1. The molecule has 2 heterocycles. The fourth-order valence-corrected chi connectivity index (χ4v) is 4.20. The number of rotatable bonds is 7. The van der Waals surface area contributed by atoms with Crippen molar-refractivity contribution in [2.24, 2.45) is 0 Å². The molecule has 0 fully saturated rings. The van der Waals surface area contributed by atoms with Crippen LogP contribution >= 0.6 is 11.8 Å². The Morgan fingerprint density at radius 3 is 2.26 bits per heavy atom. The lowest BCUT2D eigenvalue weighted by Crippen LogP contribution is -2.16. The molecule has 0 bridgehead atoms. The summed E-state index contributed by atoms with van der Waals surface area (Å²) in [5.41, 5.74) is 7.47. The highest BCUT2D eigenvalue weighted by atomic mass is 32.2. The first kappa shape index (κ1) is 22.7. The Bertz CT molecular complexity index is 1130. The van der Waals surface area contributed by atoms with Crippen molar-refractivity contribution >= 4 is 23.5 Å². The predicted octanol–water partition coefficient (Wildman–Crippen LogP) is 4.64. The maximum absolute atomic E-state index is 12.7. The lowest BCUT2D eigenvalue weighted by molar-refractivity contribution is -0.139. The van der Waals surface area contributed by atoms with Crippen molar-refractivity contribution in [2.75, 3.05) is 12.4 Å². The van der Waals surface area contributed by atoms with Gasteiger partial charge in [0, 0.05) is 34.0 Å². The molecule has 0 N–H and O–H groups in total. The first-order valence-corrected chi connectivity index (χ1v) is 11.0. The summed E-state index contributed by atoms with van der Waals surface area (Å²) in [6.07, 6.45) is 0. The summed E-state index contributed by atoms with van der Waals surface area (Å²) in [5, 5.41) is 0.526. The van der Waals surface area contributed by atoms with Crippen molar-refractivity contribution in [1.29, 1.82) is 0 Å². The molecule has 3 rings (SSSR count). The first-order valence-electron chi connectivity index (χ1n) is 10.1. The van der Waals surface area contributed by atoms with E-state index in [1.807, 2.05) is 45.9 Å². The quantitative estimate of drug-likeness (QED) is 0.232. The Kier molecular flexibility index (Phi) is 6.95. The number of esters is 1. The van der Waals surface area contributed by atoms with Gasteiger partial charge in [-0.1, -0.05) is 17.8 Å². The number of Topliss-reactive ketones (excluding diaryl/α,β-unsaturated/α-hetero) is 1. The van der Waals surface area contributed by atoms with E-state index in [9.17, 15) is 9.59 Å². The van der Waals surface area contributed by atoms with E-state index in [-0.39, 0.29) is 18.1 Å². The number of ketones is 1. The van der Waals surface area contributed by atoms with Gasteiger partial charge in [0.1, 0.15) is 0 Å². The number of hydrogen-bond acceptors (Lipinski definition) is 6. The van der Waals surface area contributed by atoms with Crippen molar-refractivity contribution in [3.8, 4) is 5.69 Å². The number of benzene rings is 1. The zero-order valence-electron chi connectivity index (χ0n) is 18.8. The third-order valence-corrected chi connectivity index (χ3v) is 5.95. The van der Waals surface area contributed by atoms with Crippen LogP contribution < -0.4 is 0 Å². The topological polar surface area (TPSA) is 74.1 Å². The van der Waals surface area contributed by atoms with E-state index in [2.05, 4.69) is 40.5 Å². The van der Waals surface area contributed by atoms with Crippen LogP contribution in [0.2, 0.25) is 0 Å². The molecule has 0 saturated heterocycles. The fourth-order valence-electron chi connectivity index (χ4n) is 3.45. The van der Waals surface area contributed by atoms with Crippen LogP contribution in [0.15, 0.2) is 35.5 Å². The second-order valence-corrected chi connectivity index (χ2v) is 8.64. The molecule has 3 aromatic rings. The van der Waals surface area contributed by atoms with Gasteiger partial charge in [0.25, 0.3) is 0 Å². The highest BCUT2D eigenvalue weighted by Gasteiger charge is 2.18. The Morgan fingerprint density at radius 1 is 0.935 bits per heavy atom. The molecule has 0 unspecified atom stereocenters. The van der Waals surface area contributed by atoms with E-state index in [1.165, 1.54) is 22.9 Å². The molecular weight excluding hydrogens is 410 g/mol. The van der Waals surface area contributed by atoms with Crippen LogP contribution in [-0.4, -0.2) is 38.6 Å². The van der Waals surface area contributed by atoms with Crippen molar-refractivity contribution in [3.63, 3.8) is 0 Å². The number of hydrogen-bond donors (Lipinski definition) is 0. The molecule has 7 heteroatoms. The Morgan fingerprint density at radius 2 is 1.61 bits per heavy atom. The van der Waals surface area contributed by atoms with Gasteiger partial charge in [0.15, 0.2) is 11.8 Å². The summed E-state index contributed by atoms with van der Waals surface area (Å²) in [7, 11) is 0. The third-order valence-electron chi connectivity index (χ3n) is 5.13. The minimum Gasteiger partial charge on any atom is -0.457 e. The zero-order valence-corrected chi connectivity index (χ0v) is 19.6. The lowest BCUT2D eigenvalue weighted by Gasteiger charge is -2.12. The predicted molar refractivity (Wildman–Crippen MR) is 122 cm³/mol. The molecular formula is C24H27N3O3S. The number of ether oxygens (including phenoxy) is 1. The van der Waals surface area contributed by atoms with Gasteiger partial charge in [-0.2, -0.15) is 0 Å². The van der Waals surface area contributed by atoms with Crippen LogP contribution in [-0.2, 0) is 9.53 Å². The summed E-state index contributed by atoms with van der Waals surface area (Å²) in [6, 6.07) is 9.94. The number of thioether (sulfide) groups is 1. The molecule has 0 radical (unpaired) electrons. The van der Waals surface area contributed by atoms with Crippen molar-refractivity contribution in [2.45, 2.75) is 46.7 Å². The van der Waals surface area contributed by atoms with Gasteiger partial charge < -0.3 is 9.30 Å². The van der Waals surface area contributed by atoms with Gasteiger partial charge in [0.2, 0.25) is 5.78 Å². The van der Waals surface area contributed by atoms with Crippen LogP contribution in [0.4, 0.5) is 0 Å². The van der Waals surface area contributed by atoms with E-state index in [4.69, 9.17) is 4.74 Å². The van der Waals surface area contributed by atoms with E-state index in [1.54, 1.807) is 0 Å². The van der Waals surface area contributed by atoms with E-state index in [0.29, 0.717) is 10.7 Å². The minimum absolute atomic E-state index is 0.0534. The molecule has 1 aromatic carbocycles. The van der Waals surface area contributed by atoms with Gasteiger partial charge in [-0.15, -0.1) is 0 Å². The van der Waals surface area contributed by atoms with E-state index in [0.717, 1.165) is 28.5 Å². The Labute approximate surface area is 187 Å². The average Bonchev–Trinajstić information content (AvgIpc) is 3.00. The van der Waals surface area contributed by atoms with Gasteiger partial charge in [-0.05, 0) is 76.9 Å². The summed E-state index contributed by atoms with van der Waals surface area (Å²) in [4.78, 5) is 33.4. The van der Waals surface area contributed by atoms with Crippen LogP contribution in [0.25, 0.3) is 5.69 Å². The summed E-state index contributed by atoms with van der Waals surface area (Å²) in [5.74, 6) is -0.633. The van der Waals surface area contributed by atoms with E-state index >= 15 is 0 Å². The molecule has 31 heavy (non-hydrogen) atoms. The second-order valence-electron chi connectivity index (χ2n) is 7.69. The highest BCUT2D eigenvalue weighted by molar-refractivity contribution is 7.99. The lowest BCUT2D eigenvalue weighted by atomic mass is 10.1. The second kappa shape index (κ2) is 9.47. The molecule has 162 valence electrons. The number of nitrogens with zero attached hydrogens (tertiary/aromatic N) is 3. The molecule has 0 aliphatic heterocycles. The monoisotopic (exact) mass is 437 g/mol. The third kappa shape index (κ3) is 5.41. The number of carbonyl (C=O) groups excluding carboxylic acids is 2. The zero-order chi connectivity index (χ0) is 22.7. The van der Waals surface area contributed by atoms with Crippen LogP contribution in [0.3, 0.4) is 0 Å².